The Morgan fingerprint density at radius 3 is 2.67 bits per heavy atom. The Hall–Kier alpha value is 0.160. The molecule has 4 nitrogen and oxygen atoms in total. The minimum atomic E-state index is -2.99. The van der Waals surface area contributed by atoms with Gasteiger partial charge in [0.05, 0.1) is 5.75 Å². The zero-order chi connectivity index (χ0) is 10.6. The van der Waals surface area contributed by atoms with Gasteiger partial charge in [-0.25, -0.2) is 8.42 Å². The Kier molecular flexibility index (Phi) is 6.75. The number of likely N-dealkylation sites (N-methyl/N-ethyl adjacent to an activating group) is 1. The second kappa shape index (κ2) is 6.68. The molecule has 15 heavy (non-hydrogen) atoms. The minimum Gasteiger partial charge on any atom is -0.318 e. The van der Waals surface area contributed by atoms with Crippen LogP contribution in [0, 0.1) is 0 Å². The fraction of sp³-hybridized carbons (Fsp3) is 1.00. The molecule has 1 rings (SSSR count). The number of nitrogens with zero attached hydrogens (tertiary/aromatic N) is 1. The maximum Gasteiger partial charge on any atom is 0.214 e. The van der Waals surface area contributed by atoms with Crippen molar-refractivity contribution in [3.63, 3.8) is 0 Å². The second-order valence-electron chi connectivity index (χ2n) is 3.78. The molecule has 6 heteroatoms. The van der Waals surface area contributed by atoms with Crippen molar-refractivity contribution in [1.29, 1.82) is 0 Å². The lowest BCUT2D eigenvalue weighted by atomic mass is 10.2. The molecule has 1 unspecified atom stereocenters. The van der Waals surface area contributed by atoms with Crippen molar-refractivity contribution in [1.82, 2.24) is 9.62 Å². The number of nitrogens with one attached hydrogen (secondary N) is 1. The molecule has 0 aromatic heterocycles. The summed E-state index contributed by atoms with van der Waals surface area (Å²) in [6, 6.07) is 0.177. The summed E-state index contributed by atoms with van der Waals surface area (Å²) in [4.78, 5) is 0. The minimum absolute atomic E-state index is 0. The van der Waals surface area contributed by atoms with Gasteiger partial charge in [-0.15, -0.1) is 12.4 Å². The van der Waals surface area contributed by atoms with E-state index in [1.165, 1.54) is 0 Å². The molecule has 1 aliphatic heterocycles. The van der Waals surface area contributed by atoms with Crippen LogP contribution in [0.25, 0.3) is 0 Å². The summed E-state index contributed by atoms with van der Waals surface area (Å²) in [5.41, 5.74) is 0. The van der Waals surface area contributed by atoms with Gasteiger partial charge >= 0.3 is 0 Å². The third-order valence-corrected chi connectivity index (χ3v) is 4.70. The lowest BCUT2D eigenvalue weighted by Gasteiger charge is -2.23. The number of hydrogen-bond donors (Lipinski definition) is 1. The Labute approximate surface area is 98.9 Å². The Morgan fingerprint density at radius 2 is 2.13 bits per heavy atom. The zero-order valence-corrected chi connectivity index (χ0v) is 11.0. The largest absolute Gasteiger partial charge is 0.318 e. The molecular formula is C9H21ClN2O2S. The standard InChI is InChI=1S/C9H20N2O2S.ClH/c1-3-7-14(12,13)11-6-4-5-9(11)8-10-2;/h9-10H,3-8H2,1-2H3;1H. The average molecular weight is 257 g/mol. The van der Waals surface area contributed by atoms with Gasteiger partial charge in [0.25, 0.3) is 0 Å². The van der Waals surface area contributed by atoms with Crippen molar-refractivity contribution in [2.75, 3.05) is 25.9 Å². The van der Waals surface area contributed by atoms with Crippen molar-refractivity contribution in [3.05, 3.63) is 0 Å². The molecule has 0 amide bonds. The predicted octanol–water partition coefficient (Wildman–Crippen LogP) is 0.832. The molecule has 0 radical (unpaired) electrons. The quantitative estimate of drug-likeness (QED) is 0.793. The van der Waals surface area contributed by atoms with E-state index in [4.69, 9.17) is 0 Å². The van der Waals surface area contributed by atoms with Gasteiger partial charge in [-0.3, -0.25) is 0 Å². The van der Waals surface area contributed by atoms with E-state index in [2.05, 4.69) is 5.32 Å². The van der Waals surface area contributed by atoms with E-state index in [0.717, 1.165) is 19.4 Å². The molecule has 0 aliphatic carbocycles. The first-order valence-electron chi connectivity index (χ1n) is 5.26. The van der Waals surface area contributed by atoms with Gasteiger partial charge in [0, 0.05) is 19.1 Å². The number of halogens is 1. The summed E-state index contributed by atoms with van der Waals surface area (Å²) in [6.45, 7) is 3.37. The number of sulfonamides is 1. The Bertz CT molecular complexity index is 269. The molecule has 0 bridgehead atoms. The van der Waals surface area contributed by atoms with E-state index >= 15 is 0 Å². The predicted molar refractivity (Wildman–Crippen MR) is 65.0 cm³/mol. The normalized spacial score (nSPS) is 22.7. The Balaban J connectivity index is 0.00000196. The Morgan fingerprint density at radius 1 is 1.47 bits per heavy atom. The van der Waals surface area contributed by atoms with Crippen LogP contribution in [0.2, 0.25) is 0 Å². The van der Waals surface area contributed by atoms with E-state index in [9.17, 15) is 8.42 Å². The number of rotatable bonds is 5. The fourth-order valence-electron chi connectivity index (χ4n) is 1.99. The van der Waals surface area contributed by atoms with E-state index in [-0.39, 0.29) is 24.2 Å². The van der Waals surface area contributed by atoms with Gasteiger partial charge in [0.15, 0.2) is 0 Å². The van der Waals surface area contributed by atoms with Gasteiger partial charge in [-0.1, -0.05) is 6.92 Å². The highest BCUT2D eigenvalue weighted by atomic mass is 35.5. The fourth-order valence-corrected chi connectivity index (χ4v) is 3.78. The molecule has 0 spiro atoms. The topological polar surface area (TPSA) is 49.4 Å². The summed E-state index contributed by atoms with van der Waals surface area (Å²) in [5.74, 6) is 0.285. The molecule has 1 fully saturated rings. The van der Waals surface area contributed by atoms with Crippen molar-refractivity contribution in [2.24, 2.45) is 0 Å². The van der Waals surface area contributed by atoms with E-state index < -0.39 is 10.0 Å². The summed E-state index contributed by atoms with van der Waals surface area (Å²) in [6.07, 6.45) is 2.68. The summed E-state index contributed by atoms with van der Waals surface area (Å²) >= 11 is 0. The van der Waals surface area contributed by atoms with Gasteiger partial charge < -0.3 is 5.32 Å². The van der Waals surface area contributed by atoms with Crippen LogP contribution in [0.3, 0.4) is 0 Å². The summed E-state index contributed by atoms with van der Waals surface area (Å²) in [5, 5.41) is 3.05. The smallest absolute Gasteiger partial charge is 0.214 e. The van der Waals surface area contributed by atoms with Crippen LogP contribution in [0.1, 0.15) is 26.2 Å². The molecule has 1 N–H and O–H groups in total. The van der Waals surface area contributed by atoms with Crippen LogP contribution < -0.4 is 5.32 Å². The van der Waals surface area contributed by atoms with Crippen LogP contribution in [0.15, 0.2) is 0 Å². The van der Waals surface area contributed by atoms with Crippen LogP contribution in [-0.2, 0) is 10.0 Å². The first-order valence-corrected chi connectivity index (χ1v) is 6.87. The SMILES string of the molecule is CCCS(=O)(=O)N1CCCC1CNC.Cl. The van der Waals surface area contributed by atoms with E-state index in [1.54, 1.807) is 4.31 Å². The van der Waals surface area contributed by atoms with Crippen molar-refractivity contribution in [2.45, 2.75) is 32.2 Å². The molecular weight excluding hydrogens is 236 g/mol. The summed E-state index contributed by atoms with van der Waals surface area (Å²) < 4.78 is 25.3. The van der Waals surface area contributed by atoms with Crippen molar-refractivity contribution >= 4 is 22.4 Å². The zero-order valence-electron chi connectivity index (χ0n) is 9.40. The summed E-state index contributed by atoms with van der Waals surface area (Å²) in [7, 11) is -1.12. The van der Waals surface area contributed by atoms with Crippen LogP contribution in [-0.4, -0.2) is 44.7 Å². The lowest BCUT2D eigenvalue weighted by Crippen LogP contribution is -2.41. The maximum atomic E-state index is 11.8. The molecule has 1 aliphatic rings. The third kappa shape index (κ3) is 3.90. The molecule has 0 aromatic rings. The molecule has 92 valence electrons. The molecule has 1 saturated heterocycles. The number of hydrogen-bond acceptors (Lipinski definition) is 3. The van der Waals surface area contributed by atoms with Crippen molar-refractivity contribution < 1.29 is 8.42 Å². The second-order valence-corrected chi connectivity index (χ2v) is 5.82. The van der Waals surface area contributed by atoms with Gasteiger partial charge in [-0.2, -0.15) is 4.31 Å². The van der Waals surface area contributed by atoms with Crippen LogP contribution >= 0.6 is 12.4 Å². The van der Waals surface area contributed by atoms with Crippen molar-refractivity contribution in [3.8, 4) is 0 Å². The highest BCUT2D eigenvalue weighted by Crippen LogP contribution is 2.21. The third-order valence-electron chi connectivity index (χ3n) is 2.58. The highest BCUT2D eigenvalue weighted by molar-refractivity contribution is 7.89. The highest BCUT2D eigenvalue weighted by Gasteiger charge is 2.32. The molecule has 1 atom stereocenters. The first-order chi connectivity index (χ1) is 6.61. The first kappa shape index (κ1) is 15.2. The van der Waals surface area contributed by atoms with E-state index in [0.29, 0.717) is 13.0 Å². The molecule has 1 heterocycles. The van der Waals surface area contributed by atoms with Crippen LogP contribution in [0.5, 0.6) is 0 Å². The van der Waals surface area contributed by atoms with E-state index in [1.807, 2.05) is 14.0 Å². The average Bonchev–Trinajstić information content (AvgIpc) is 2.53. The van der Waals surface area contributed by atoms with Gasteiger partial charge in [0.1, 0.15) is 0 Å². The molecule has 0 aromatic carbocycles. The monoisotopic (exact) mass is 256 g/mol. The van der Waals surface area contributed by atoms with Crippen LogP contribution in [0.4, 0.5) is 0 Å². The van der Waals surface area contributed by atoms with Gasteiger partial charge in [0.2, 0.25) is 10.0 Å². The maximum absolute atomic E-state index is 11.8. The van der Waals surface area contributed by atoms with Gasteiger partial charge in [-0.05, 0) is 26.3 Å². The molecule has 0 saturated carbocycles. The lowest BCUT2D eigenvalue weighted by molar-refractivity contribution is 0.379.